The van der Waals surface area contributed by atoms with E-state index in [0.717, 1.165) is 32.1 Å². The average molecular weight is 557 g/mol. The highest BCUT2D eigenvalue weighted by Crippen LogP contribution is 2.34. The van der Waals surface area contributed by atoms with Gasteiger partial charge in [-0.05, 0) is 56.2 Å². The summed E-state index contributed by atoms with van der Waals surface area (Å²) in [5, 5.41) is 9.85. The molecule has 3 atom stereocenters. The van der Waals surface area contributed by atoms with E-state index in [1.54, 1.807) is 43.1 Å². The van der Waals surface area contributed by atoms with Gasteiger partial charge in [-0.15, -0.1) is 0 Å². The summed E-state index contributed by atoms with van der Waals surface area (Å²) >= 11 is 0. The van der Waals surface area contributed by atoms with Crippen LogP contribution >= 0.6 is 0 Å². The van der Waals surface area contributed by atoms with Crippen LogP contribution < -0.4 is 4.74 Å². The van der Waals surface area contributed by atoms with E-state index in [2.05, 4.69) is 11.8 Å². The molecular weight excluding hydrogens is 519 g/mol. The number of sulfonamides is 1. The second-order valence-corrected chi connectivity index (χ2v) is 12.6. The maximum Gasteiger partial charge on any atom is 0.247 e. The van der Waals surface area contributed by atoms with Crippen molar-refractivity contribution < 1.29 is 27.4 Å². The number of hydrogen-bond acceptors (Lipinski definition) is 5. The highest BCUT2D eigenvalue weighted by Gasteiger charge is 2.38. The van der Waals surface area contributed by atoms with Gasteiger partial charge in [0.25, 0.3) is 0 Å². The largest absolute Gasteiger partial charge is 0.487 e. The van der Waals surface area contributed by atoms with Crippen LogP contribution in [0, 0.1) is 29.5 Å². The summed E-state index contributed by atoms with van der Waals surface area (Å²) in [5.41, 5.74) is 1.00. The molecule has 1 aliphatic heterocycles. The summed E-state index contributed by atoms with van der Waals surface area (Å²) in [5.74, 6) is 5.45. The Balaban J connectivity index is 1.69. The summed E-state index contributed by atoms with van der Waals surface area (Å²) in [4.78, 5) is 14.9. The van der Waals surface area contributed by atoms with Crippen molar-refractivity contribution in [3.05, 3.63) is 59.4 Å². The maximum absolute atomic E-state index is 13.7. The first-order valence-electron chi connectivity index (χ1n) is 13.6. The SMILES string of the molecule is C[C@@H]1CN([C@@H](C)CO)S(=O)(=O)c2ccc(C#Cc3cccc(F)c3)cc2O[C@H]1CN(C)C(=O)C1CCCCC1. The Labute approximate surface area is 231 Å². The van der Waals surface area contributed by atoms with Crippen LogP contribution in [0.4, 0.5) is 4.39 Å². The number of carbonyl (C=O) groups is 1. The number of fused-ring (bicyclic) bond motifs is 1. The van der Waals surface area contributed by atoms with Crippen molar-refractivity contribution in [2.75, 3.05) is 26.7 Å². The summed E-state index contributed by atoms with van der Waals surface area (Å²) in [6.07, 6.45) is 4.56. The monoisotopic (exact) mass is 556 g/mol. The lowest BCUT2D eigenvalue weighted by molar-refractivity contribution is -0.136. The van der Waals surface area contributed by atoms with E-state index in [9.17, 15) is 22.7 Å². The molecule has 9 heteroatoms. The molecule has 4 rings (SSSR count). The van der Waals surface area contributed by atoms with Gasteiger partial charge in [0.1, 0.15) is 22.6 Å². The van der Waals surface area contributed by atoms with Crippen molar-refractivity contribution in [2.45, 2.75) is 63.0 Å². The van der Waals surface area contributed by atoms with Crippen molar-refractivity contribution in [2.24, 2.45) is 11.8 Å². The van der Waals surface area contributed by atoms with Gasteiger partial charge in [0.05, 0.1) is 13.2 Å². The van der Waals surface area contributed by atoms with Crippen LogP contribution in [-0.2, 0) is 14.8 Å². The highest BCUT2D eigenvalue weighted by molar-refractivity contribution is 7.89. The van der Waals surface area contributed by atoms with Gasteiger partial charge in [0, 0.05) is 42.6 Å². The third-order valence-corrected chi connectivity index (χ3v) is 9.65. The summed E-state index contributed by atoms with van der Waals surface area (Å²) in [7, 11) is -2.22. The van der Waals surface area contributed by atoms with Crippen molar-refractivity contribution in [1.29, 1.82) is 0 Å². The number of aliphatic hydroxyl groups is 1. The molecule has 0 aromatic heterocycles. The van der Waals surface area contributed by atoms with Gasteiger partial charge >= 0.3 is 0 Å². The molecule has 0 radical (unpaired) electrons. The van der Waals surface area contributed by atoms with Crippen molar-refractivity contribution in [3.63, 3.8) is 0 Å². The fourth-order valence-electron chi connectivity index (χ4n) is 5.25. The number of carbonyl (C=O) groups excluding carboxylic acids is 1. The molecule has 1 heterocycles. The van der Waals surface area contributed by atoms with Crippen molar-refractivity contribution in [1.82, 2.24) is 9.21 Å². The number of ether oxygens (including phenoxy) is 1. The number of aliphatic hydroxyl groups excluding tert-OH is 1. The fraction of sp³-hybridized carbons (Fsp3) is 0.500. The Morgan fingerprint density at radius 2 is 1.85 bits per heavy atom. The number of likely N-dealkylation sites (N-methyl/N-ethyl adjacent to an activating group) is 1. The smallest absolute Gasteiger partial charge is 0.247 e. The number of benzene rings is 2. The minimum absolute atomic E-state index is 0.0101. The van der Waals surface area contributed by atoms with Gasteiger partial charge in [-0.3, -0.25) is 4.79 Å². The first-order chi connectivity index (χ1) is 18.6. The molecule has 1 N–H and O–H groups in total. The number of amides is 1. The number of hydrogen-bond donors (Lipinski definition) is 1. The third kappa shape index (κ3) is 6.81. The first-order valence-corrected chi connectivity index (χ1v) is 15.0. The van der Waals surface area contributed by atoms with E-state index in [1.807, 2.05) is 6.92 Å². The van der Waals surface area contributed by atoms with E-state index < -0.39 is 28.0 Å². The van der Waals surface area contributed by atoms with Crippen LogP contribution in [0.5, 0.6) is 5.75 Å². The molecule has 1 fully saturated rings. The lowest BCUT2D eigenvalue weighted by atomic mass is 9.88. The average Bonchev–Trinajstić information content (AvgIpc) is 2.93. The molecule has 0 unspecified atom stereocenters. The first kappa shape index (κ1) is 29.1. The zero-order chi connectivity index (χ0) is 28.2. The molecule has 7 nitrogen and oxygen atoms in total. The molecule has 2 aromatic carbocycles. The van der Waals surface area contributed by atoms with Crippen LogP contribution in [-0.4, -0.2) is 67.5 Å². The molecule has 1 aliphatic carbocycles. The molecule has 1 amide bonds. The predicted octanol–water partition coefficient (Wildman–Crippen LogP) is 4.03. The van der Waals surface area contributed by atoms with Crippen LogP contribution in [0.25, 0.3) is 0 Å². The van der Waals surface area contributed by atoms with Crippen molar-refractivity contribution in [3.8, 4) is 17.6 Å². The Morgan fingerprint density at radius 3 is 2.51 bits per heavy atom. The van der Waals surface area contributed by atoms with E-state index >= 15 is 0 Å². The summed E-state index contributed by atoms with van der Waals surface area (Å²) in [6, 6.07) is 9.92. The number of halogens is 1. The van der Waals surface area contributed by atoms with E-state index in [1.165, 1.54) is 22.5 Å². The zero-order valence-corrected chi connectivity index (χ0v) is 23.6. The molecule has 210 valence electrons. The van der Waals surface area contributed by atoms with Crippen LogP contribution in [0.1, 0.15) is 57.1 Å². The molecule has 0 bridgehead atoms. The van der Waals surface area contributed by atoms with Gasteiger partial charge in [0.2, 0.25) is 15.9 Å². The number of rotatable bonds is 5. The quantitative estimate of drug-likeness (QED) is 0.562. The molecule has 2 aliphatic rings. The predicted molar refractivity (Wildman–Crippen MR) is 147 cm³/mol. The summed E-state index contributed by atoms with van der Waals surface area (Å²) in [6.45, 7) is 3.68. The molecular formula is C30H37FN2O5S. The van der Waals surface area contributed by atoms with Gasteiger partial charge in [-0.25, -0.2) is 12.8 Å². The van der Waals surface area contributed by atoms with Gasteiger partial charge < -0.3 is 14.7 Å². The van der Waals surface area contributed by atoms with Crippen LogP contribution in [0.15, 0.2) is 47.4 Å². The van der Waals surface area contributed by atoms with E-state index in [-0.39, 0.29) is 41.5 Å². The Kier molecular flexibility index (Phi) is 9.31. The Bertz CT molecular complexity index is 1350. The van der Waals surface area contributed by atoms with Crippen LogP contribution in [0.3, 0.4) is 0 Å². The van der Waals surface area contributed by atoms with Gasteiger partial charge in [0.15, 0.2) is 0 Å². The lowest BCUT2D eigenvalue weighted by Crippen LogP contribution is -2.50. The number of nitrogens with zero attached hydrogens (tertiary/aromatic N) is 2. The lowest BCUT2D eigenvalue weighted by Gasteiger charge is -2.38. The second kappa shape index (κ2) is 12.5. The fourth-order valence-corrected chi connectivity index (χ4v) is 7.08. The van der Waals surface area contributed by atoms with Crippen LogP contribution in [0.2, 0.25) is 0 Å². The van der Waals surface area contributed by atoms with Gasteiger partial charge in [-0.2, -0.15) is 4.31 Å². The molecule has 1 saturated carbocycles. The summed E-state index contributed by atoms with van der Waals surface area (Å²) < 4.78 is 48.6. The standard InChI is InChI=1S/C30H37FN2O5S/c1-21-18-33(22(2)20-34)39(36,37)29-15-14-24(13-12-23-8-7-11-26(31)16-23)17-27(29)38-28(21)19-32(3)30(35)25-9-5-4-6-10-25/h7-8,11,14-17,21-22,25,28,34H,4-6,9-10,18-20H2,1-3H3/t21-,22+,28+/m1/s1. The third-order valence-electron chi connectivity index (χ3n) is 7.63. The van der Waals surface area contributed by atoms with Crippen molar-refractivity contribution >= 4 is 15.9 Å². The second-order valence-electron chi connectivity index (χ2n) is 10.7. The topological polar surface area (TPSA) is 87.2 Å². The zero-order valence-electron chi connectivity index (χ0n) is 22.8. The molecule has 39 heavy (non-hydrogen) atoms. The minimum atomic E-state index is -3.99. The normalized spacial score (nSPS) is 22.3. The Morgan fingerprint density at radius 1 is 1.15 bits per heavy atom. The maximum atomic E-state index is 13.7. The molecule has 0 saturated heterocycles. The molecule has 0 spiro atoms. The van der Waals surface area contributed by atoms with Gasteiger partial charge in [-0.1, -0.05) is 44.1 Å². The molecule has 2 aromatic rings. The minimum Gasteiger partial charge on any atom is -0.487 e. The van der Waals surface area contributed by atoms with E-state index in [4.69, 9.17) is 4.74 Å². The Hall–Kier alpha value is -2.93. The van der Waals surface area contributed by atoms with E-state index in [0.29, 0.717) is 17.7 Å². The highest BCUT2D eigenvalue weighted by atomic mass is 32.2.